The summed E-state index contributed by atoms with van der Waals surface area (Å²) in [5.41, 5.74) is 3.66. The molecule has 6 heterocycles. The van der Waals surface area contributed by atoms with Crippen LogP contribution < -0.4 is 5.32 Å². The molecule has 5 fully saturated rings. The molecule has 0 atom stereocenters. The standard InChI is InChI=1S/C20H26ClFN4.C12H13N3O2.ClH/c21-17-13-16(3-4-18(17)22)19-14-26(12-11-25-9-1-2-10-25)20(24-19)15-5-7-23-8-6-15;16-9-7-8(13-1-2-13)12(17)11(15-5-6-15)10(9)14-3-4-14;/h3-4,13-15,23H,1-2,5-12H2;7H,1-6H2;1H. The Bertz CT molecular complexity index is 1470. The molecule has 1 aromatic heterocycles. The monoisotopic (exact) mass is 643 g/mol. The average molecular weight is 645 g/mol. The number of Topliss-reactive ketones (excluding diaryl/α,β-unsaturated/α-hetero) is 1. The Kier molecular flexibility index (Phi) is 9.33. The number of carbonyl (C=O) groups excluding carboxylic acids is 2. The summed E-state index contributed by atoms with van der Waals surface area (Å²) in [5.74, 6) is 1.32. The van der Waals surface area contributed by atoms with E-state index in [0.717, 1.165) is 89.5 Å². The number of benzene rings is 1. The van der Waals surface area contributed by atoms with Crippen molar-refractivity contribution in [2.45, 2.75) is 38.1 Å². The van der Waals surface area contributed by atoms with Gasteiger partial charge < -0.3 is 29.5 Å². The molecule has 0 unspecified atom stereocenters. The average Bonchev–Trinajstić information content (AvgIpc) is 3.93. The maximum absolute atomic E-state index is 13.5. The third-order valence-electron chi connectivity index (χ3n) is 9.07. The minimum Gasteiger partial charge on any atom is -0.365 e. The van der Waals surface area contributed by atoms with E-state index < -0.39 is 0 Å². The maximum Gasteiger partial charge on any atom is 0.227 e. The molecule has 8 rings (SSSR count). The molecule has 0 saturated carbocycles. The topological polar surface area (TPSA) is 76.3 Å². The normalized spacial score (nSPS) is 21.7. The lowest BCUT2D eigenvalue weighted by Gasteiger charge is -2.24. The molecule has 236 valence electrons. The van der Waals surface area contributed by atoms with Crippen molar-refractivity contribution in [1.82, 2.24) is 34.5 Å². The van der Waals surface area contributed by atoms with Crippen molar-refractivity contribution in [3.05, 3.63) is 64.2 Å². The van der Waals surface area contributed by atoms with Crippen molar-refractivity contribution in [3.63, 3.8) is 0 Å². The molecule has 6 aliphatic rings. The molecule has 9 nitrogen and oxygen atoms in total. The highest BCUT2D eigenvalue weighted by Crippen LogP contribution is 2.34. The molecular formula is C32H40Cl2FN7O2. The summed E-state index contributed by atoms with van der Waals surface area (Å²) >= 11 is 5.98. The van der Waals surface area contributed by atoms with E-state index in [1.54, 1.807) is 12.1 Å². The highest BCUT2D eigenvalue weighted by atomic mass is 35.5. The Balaban J connectivity index is 0.000000165. The summed E-state index contributed by atoms with van der Waals surface area (Å²) in [6.45, 7) is 11.9. The van der Waals surface area contributed by atoms with Crippen LogP contribution >= 0.6 is 24.0 Å². The second kappa shape index (κ2) is 13.2. The van der Waals surface area contributed by atoms with E-state index in [1.165, 1.54) is 43.9 Å². The Hall–Kier alpha value is -2.92. The molecule has 1 aliphatic carbocycles. The Morgan fingerprint density at radius 3 is 2.18 bits per heavy atom. The van der Waals surface area contributed by atoms with Crippen LogP contribution in [0.15, 0.2) is 47.6 Å². The highest BCUT2D eigenvalue weighted by molar-refractivity contribution is 6.31. The van der Waals surface area contributed by atoms with Crippen molar-refractivity contribution in [2.75, 3.05) is 72.0 Å². The van der Waals surface area contributed by atoms with Gasteiger partial charge in [-0.2, -0.15) is 0 Å². The van der Waals surface area contributed by atoms with Gasteiger partial charge in [0.05, 0.1) is 16.4 Å². The lowest BCUT2D eigenvalue weighted by Crippen LogP contribution is -2.29. The van der Waals surface area contributed by atoms with E-state index in [9.17, 15) is 14.0 Å². The van der Waals surface area contributed by atoms with Gasteiger partial charge in [0.1, 0.15) is 23.0 Å². The van der Waals surface area contributed by atoms with Gasteiger partial charge in [-0.15, -0.1) is 12.4 Å². The SMILES string of the molecule is Cl.Fc1ccc(-c2cn(CCN3CCCC3)c(C3CCNCC3)n2)cc1Cl.O=C1C=C(N2CC2)C(=O)C(N2CC2)=C1N1CC1. The molecule has 44 heavy (non-hydrogen) atoms. The lowest BCUT2D eigenvalue weighted by atomic mass is 9.97. The van der Waals surface area contributed by atoms with E-state index in [2.05, 4.69) is 21.0 Å². The molecule has 0 bridgehead atoms. The van der Waals surface area contributed by atoms with Crippen molar-refractivity contribution in [3.8, 4) is 11.3 Å². The second-order valence-corrected chi connectivity index (χ2v) is 12.7. The molecule has 2 aromatic rings. The summed E-state index contributed by atoms with van der Waals surface area (Å²) in [6, 6.07) is 4.86. The number of imidazole rings is 1. The molecule has 0 amide bonds. The summed E-state index contributed by atoms with van der Waals surface area (Å²) in [7, 11) is 0. The number of likely N-dealkylation sites (tertiary alicyclic amines) is 1. The summed E-state index contributed by atoms with van der Waals surface area (Å²) in [5, 5.41) is 3.58. The first kappa shape index (κ1) is 31.1. The Labute approximate surface area is 269 Å². The number of aromatic nitrogens is 2. The lowest BCUT2D eigenvalue weighted by molar-refractivity contribution is -0.117. The molecule has 5 aliphatic heterocycles. The molecule has 12 heteroatoms. The Morgan fingerprint density at radius 2 is 1.55 bits per heavy atom. The summed E-state index contributed by atoms with van der Waals surface area (Å²) < 4.78 is 15.8. The van der Waals surface area contributed by atoms with E-state index in [0.29, 0.717) is 23.0 Å². The molecule has 5 saturated heterocycles. The van der Waals surface area contributed by atoms with Crippen LogP contribution in [0.4, 0.5) is 4.39 Å². The van der Waals surface area contributed by atoms with Gasteiger partial charge >= 0.3 is 0 Å². The Morgan fingerprint density at radius 1 is 0.886 bits per heavy atom. The predicted octanol–water partition coefficient (Wildman–Crippen LogP) is 3.51. The van der Waals surface area contributed by atoms with E-state index in [-0.39, 0.29) is 34.8 Å². The number of rotatable bonds is 8. The van der Waals surface area contributed by atoms with Gasteiger partial charge in [0, 0.05) is 76.1 Å². The number of hydrogen-bond acceptors (Lipinski definition) is 8. The number of allylic oxidation sites excluding steroid dienone is 1. The van der Waals surface area contributed by atoms with Crippen molar-refractivity contribution >= 4 is 35.6 Å². The van der Waals surface area contributed by atoms with E-state index in [1.807, 2.05) is 14.7 Å². The van der Waals surface area contributed by atoms with Crippen LogP contribution in [0.3, 0.4) is 0 Å². The molecule has 1 N–H and O–H groups in total. The minimum atomic E-state index is -0.387. The van der Waals surface area contributed by atoms with Crippen molar-refractivity contribution in [2.24, 2.45) is 0 Å². The fourth-order valence-corrected chi connectivity index (χ4v) is 6.52. The zero-order chi connectivity index (χ0) is 29.5. The van der Waals surface area contributed by atoms with Crippen LogP contribution in [0.25, 0.3) is 11.3 Å². The van der Waals surface area contributed by atoms with Crippen LogP contribution in [0, 0.1) is 5.82 Å². The smallest absolute Gasteiger partial charge is 0.227 e. The van der Waals surface area contributed by atoms with Gasteiger partial charge in [-0.05, 0) is 70.1 Å². The van der Waals surface area contributed by atoms with Gasteiger partial charge in [0.15, 0.2) is 0 Å². The minimum absolute atomic E-state index is 0. The number of ketones is 2. The fraction of sp³-hybridized carbons (Fsp3) is 0.531. The van der Waals surface area contributed by atoms with Gasteiger partial charge in [0.2, 0.25) is 11.6 Å². The van der Waals surface area contributed by atoms with Crippen LogP contribution in [0.2, 0.25) is 5.02 Å². The van der Waals surface area contributed by atoms with Gasteiger partial charge in [-0.25, -0.2) is 9.37 Å². The third kappa shape index (κ3) is 6.83. The van der Waals surface area contributed by atoms with Crippen molar-refractivity contribution in [1.29, 1.82) is 0 Å². The maximum atomic E-state index is 13.5. The number of piperidine rings is 1. The zero-order valence-corrected chi connectivity index (χ0v) is 26.5. The number of carbonyl (C=O) groups is 2. The van der Waals surface area contributed by atoms with E-state index in [4.69, 9.17) is 16.6 Å². The zero-order valence-electron chi connectivity index (χ0n) is 24.9. The first-order valence-corrected chi connectivity index (χ1v) is 16.1. The van der Waals surface area contributed by atoms with Crippen LogP contribution in [-0.2, 0) is 16.1 Å². The number of nitrogens with zero attached hydrogens (tertiary/aromatic N) is 6. The molecule has 0 spiro atoms. The largest absolute Gasteiger partial charge is 0.365 e. The predicted molar refractivity (Wildman–Crippen MR) is 170 cm³/mol. The molecule has 1 aromatic carbocycles. The highest BCUT2D eigenvalue weighted by Gasteiger charge is 2.43. The fourth-order valence-electron chi connectivity index (χ4n) is 6.34. The number of hydrogen-bond donors (Lipinski definition) is 1. The van der Waals surface area contributed by atoms with Gasteiger partial charge in [-0.1, -0.05) is 11.6 Å². The second-order valence-electron chi connectivity index (χ2n) is 12.3. The first-order chi connectivity index (χ1) is 21.0. The number of nitrogens with one attached hydrogen (secondary N) is 1. The molecular weight excluding hydrogens is 604 g/mol. The van der Waals surface area contributed by atoms with Crippen LogP contribution in [-0.4, -0.2) is 113 Å². The number of halogens is 3. The quantitative estimate of drug-likeness (QED) is 0.346. The van der Waals surface area contributed by atoms with Crippen molar-refractivity contribution < 1.29 is 14.0 Å². The summed E-state index contributed by atoms with van der Waals surface area (Å²) in [6.07, 6.45) is 8.50. The van der Waals surface area contributed by atoms with E-state index >= 15 is 0 Å². The first-order valence-electron chi connectivity index (χ1n) is 15.7. The van der Waals surface area contributed by atoms with Crippen LogP contribution in [0.5, 0.6) is 0 Å². The van der Waals surface area contributed by atoms with Gasteiger partial charge in [-0.3, -0.25) is 9.59 Å². The summed E-state index contributed by atoms with van der Waals surface area (Å²) in [4.78, 5) is 38.0. The van der Waals surface area contributed by atoms with Gasteiger partial charge in [0.25, 0.3) is 0 Å². The third-order valence-corrected chi connectivity index (χ3v) is 9.36. The molecule has 0 radical (unpaired) electrons. The van der Waals surface area contributed by atoms with Crippen LogP contribution in [0.1, 0.15) is 37.4 Å².